The summed E-state index contributed by atoms with van der Waals surface area (Å²) >= 11 is 0. The number of hydrogen-bond donors (Lipinski definition) is 0. The van der Waals surface area contributed by atoms with E-state index >= 15 is 0 Å². The number of nitrogens with zero attached hydrogens (tertiary/aromatic N) is 2. The van der Waals surface area contributed by atoms with Crippen molar-refractivity contribution in [1.29, 1.82) is 0 Å². The molecular weight excluding hydrogens is 119 g/mol. The van der Waals surface area contributed by atoms with Crippen molar-refractivity contribution in [1.82, 2.24) is 9.97 Å². The van der Waals surface area contributed by atoms with E-state index < -0.39 is 0 Å². The normalized spacial score (nSPS) is 10.6. The van der Waals surface area contributed by atoms with E-state index in [2.05, 4.69) is 16.6 Å². The van der Waals surface area contributed by atoms with Crippen LogP contribution in [0, 0.1) is 0 Å². The maximum absolute atomic E-state index is 4.05. The standard InChI is InChI=1S/C5H7N2P/c1-8-5-4-6-2-3-7-5/h2-4,8H,1H3. The van der Waals surface area contributed by atoms with Gasteiger partial charge in [0.15, 0.2) is 0 Å². The van der Waals surface area contributed by atoms with Gasteiger partial charge in [-0.05, 0) is 6.66 Å². The Morgan fingerprint density at radius 2 is 2.38 bits per heavy atom. The summed E-state index contributed by atoms with van der Waals surface area (Å²) < 4.78 is 0. The third-order valence-electron chi connectivity index (χ3n) is 0.819. The lowest BCUT2D eigenvalue weighted by molar-refractivity contribution is 1.24. The third-order valence-corrected chi connectivity index (χ3v) is 1.59. The molecule has 0 fully saturated rings. The lowest BCUT2D eigenvalue weighted by Gasteiger charge is -1.88. The van der Waals surface area contributed by atoms with Crippen LogP contribution < -0.4 is 5.44 Å². The topological polar surface area (TPSA) is 25.8 Å². The zero-order valence-corrected chi connectivity index (χ0v) is 5.63. The Kier molecular flexibility index (Phi) is 1.93. The highest BCUT2D eigenvalue weighted by Gasteiger charge is 1.82. The van der Waals surface area contributed by atoms with Gasteiger partial charge >= 0.3 is 0 Å². The summed E-state index contributed by atoms with van der Waals surface area (Å²) in [4.78, 5) is 7.95. The molecule has 1 unspecified atom stereocenters. The monoisotopic (exact) mass is 126 g/mol. The van der Waals surface area contributed by atoms with Gasteiger partial charge in [-0.15, -0.1) is 0 Å². The van der Waals surface area contributed by atoms with Gasteiger partial charge in [0.25, 0.3) is 0 Å². The van der Waals surface area contributed by atoms with E-state index in [1.165, 1.54) is 0 Å². The second-order valence-electron chi connectivity index (χ2n) is 1.34. The van der Waals surface area contributed by atoms with Crippen LogP contribution in [-0.2, 0) is 0 Å². The first-order chi connectivity index (χ1) is 3.93. The molecule has 1 atom stereocenters. The molecule has 8 heavy (non-hydrogen) atoms. The van der Waals surface area contributed by atoms with Crippen LogP contribution in [0.2, 0.25) is 0 Å². The van der Waals surface area contributed by atoms with E-state index in [9.17, 15) is 0 Å². The molecule has 1 aromatic rings. The molecule has 2 nitrogen and oxygen atoms in total. The second kappa shape index (κ2) is 2.73. The highest BCUT2D eigenvalue weighted by atomic mass is 31.1. The number of aromatic nitrogens is 2. The van der Waals surface area contributed by atoms with Crippen molar-refractivity contribution in [2.45, 2.75) is 0 Å². The van der Waals surface area contributed by atoms with Gasteiger partial charge in [0.05, 0.1) is 11.6 Å². The number of hydrogen-bond acceptors (Lipinski definition) is 2. The lowest BCUT2D eigenvalue weighted by Crippen LogP contribution is -1.98. The van der Waals surface area contributed by atoms with Gasteiger partial charge in [0, 0.05) is 12.4 Å². The predicted molar refractivity (Wildman–Crippen MR) is 35.9 cm³/mol. The van der Waals surface area contributed by atoms with E-state index in [1.54, 1.807) is 18.6 Å². The fourth-order valence-electron chi connectivity index (χ4n) is 0.428. The van der Waals surface area contributed by atoms with Crippen LogP contribution in [0.1, 0.15) is 0 Å². The summed E-state index contributed by atoms with van der Waals surface area (Å²) in [7, 11) is 0.756. The van der Waals surface area contributed by atoms with Crippen molar-refractivity contribution in [2.24, 2.45) is 0 Å². The molecular formula is C5H7N2P. The van der Waals surface area contributed by atoms with Crippen LogP contribution in [0.3, 0.4) is 0 Å². The SMILES string of the molecule is CPc1cnccn1. The van der Waals surface area contributed by atoms with Gasteiger partial charge < -0.3 is 0 Å². The summed E-state index contributed by atoms with van der Waals surface area (Å²) in [5.41, 5.74) is 1.08. The minimum atomic E-state index is 0.756. The fourth-order valence-corrected chi connectivity index (χ4v) is 0.835. The Morgan fingerprint density at radius 1 is 1.50 bits per heavy atom. The van der Waals surface area contributed by atoms with E-state index in [4.69, 9.17) is 0 Å². The molecule has 3 heteroatoms. The van der Waals surface area contributed by atoms with E-state index in [0.717, 1.165) is 14.0 Å². The minimum absolute atomic E-state index is 0.756. The molecule has 0 amide bonds. The van der Waals surface area contributed by atoms with Gasteiger partial charge in [0.2, 0.25) is 0 Å². The van der Waals surface area contributed by atoms with Crippen molar-refractivity contribution in [3.8, 4) is 0 Å². The maximum atomic E-state index is 4.05. The fraction of sp³-hybridized carbons (Fsp3) is 0.200. The first kappa shape index (κ1) is 5.64. The molecule has 0 N–H and O–H groups in total. The molecule has 1 aromatic heterocycles. The average molecular weight is 126 g/mol. The summed E-state index contributed by atoms with van der Waals surface area (Å²) in [6.07, 6.45) is 5.19. The van der Waals surface area contributed by atoms with E-state index in [-0.39, 0.29) is 0 Å². The Labute approximate surface area is 50.2 Å². The molecule has 0 saturated heterocycles. The van der Waals surface area contributed by atoms with Crippen LogP contribution in [-0.4, -0.2) is 16.6 Å². The Balaban J connectivity index is 2.83. The van der Waals surface area contributed by atoms with E-state index in [0.29, 0.717) is 0 Å². The molecule has 1 rings (SSSR count). The van der Waals surface area contributed by atoms with Gasteiger partial charge in [-0.25, -0.2) is 0 Å². The van der Waals surface area contributed by atoms with Crippen LogP contribution >= 0.6 is 8.58 Å². The Hall–Kier alpha value is -0.490. The van der Waals surface area contributed by atoms with Gasteiger partial charge in [-0.3, -0.25) is 9.97 Å². The molecule has 0 spiro atoms. The average Bonchev–Trinajstić information content (AvgIpc) is 1.90. The Morgan fingerprint density at radius 3 is 2.75 bits per heavy atom. The van der Waals surface area contributed by atoms with Crippen molar-refractivity contribution in [2.75, 3.05) is 6.66 Å². The highest BCUT2D eigenvalue weighted by Crippen LogP contribution is 1.95. The van der Waals surface area contributed by atoms with Crippen LogP contribution in [0.4, 0.5) is 0 Å². The second-order valence-corrected chi connectivity index (χ2v) is 2.35. The molecule has 0 aliphatic heterocycles. The Bertz CT molecular complexity index is 152. The van der Waals surface area contributed by atoms with Crippen LogP contribution in [0.5, 0.6) is 0 Å². The minimum Gasteiger partial charge on any atom is -0.261 e. The van der Waals surface area contributed by atoms with Gasteiger partial charge in [-0.1, -0.05) is 8.58 Å². The van der Waals surface area contributed by atoms with Gasteiger partial charge in [-0.2, -0.15) is 0 Å². The molecule has 42 valence electrons. The van der Waals surface area contributed by atoms with E-state index in [1.807, 2.05) is 0 Å². The predicted octanol–water partition coefficient (Wildman–Crippen LogP) is 0.410. The van der Waals surface area contributed by atoms with Crippen molar-refractivity contribution in [3.63, 3.8) is 0 Å². The summed E-state index contributed by atoms with van der Waals surface area (Å²) in [6, 6.07) is 0. The van der Waals surface area contributed by atoms with Gasteiger partial charge in [0.1, 0.15) is 0 Å². The maximum Gasteiger partial charge on any atom is 0.0779 e. The molecule has 0 radical (unpaired) electrons. The molecule has 0 aromatic carbocycles. The van der Waals surface area contributed by atoms with Crippen molar-refractivity contribution < 1.29 is 0 Å². The molecule has 1 heterocycles. The zero-order chi connectivity index (χ0) is 5.82. The first-order valence-electron chi connectivity index (χ1n) is 2.37. The largest absolute Gasteiger partial charge is 0.261 e. The number of rotatable bonds is 1. The molecule has 0 saturated carbocycles. The molecule has 0 bridgehead atoms. The van der Waals surface area contributed by atoms with Crippen molar-refractivity contribution >= 4 is 14.0 Å². The smallest absolute Gasteiger partial charge is 0.0779 e. The van der Waals surface area contributed by atoms with Crippen LogP contribution in [0.25, 0.3) is 0 Å². The quantitative estimate of drug-likeness (QED) is 0.509. The molecule has 0 aliphatic rings. The lowest BCUT2D eigenvalue weighted by atomic mass is 10.8. The zero-order valence-electron chi connectivity index (χ0n) is 4.63. The summed E-state index contributed by atoms with van der Waals surface area (Å²) in [5, 5.41) is 0. The van der Waals surface area contributed by atoms with Crippen molar-refractivity contribution in [3.05, 3.63) is 18.6 Å². The summed E-state index contributed by atoms with van der Waals surface area (Å²) in [6.45, 7) is 2.09. The first-order valence-corrected chi connectivity index (χ1v) is 3.87. The third kappa shape index (κ3) is 1.24. The van der Waals surface area contributed by atoms with Crippen LogP contribution in [0.15, 0.2) is 18.6 Å². The molecule has 0 aliphatic carbocycles. The summed E-state index contributed by atoms with van der Waals surface area (Å²) in [5.74, 6) is 0. The highest BCUT2D eigenvalue weighted by molar-refractivity contribution is 7.45.